The molecule has 0 saturated heterocycles. The van der Waals surface area contributed by atoms with Crippen molar-refractivity contribution in [3.63, 3.8) is 0 Å². The molecule has 1 atom stereocenters. The summed E-state index contributed by atoms with van der Waals surface area (Å²) in [7, 11) is 0. The van der Waals surface area contributed by atoms with E-state index in [0.29, 0.717) is 0 Å². The van der Waals surface area contributed by atoms with Gasteiger partial charge in [0.05, 0.1) is 0 Å². The summed E-state index contributed by atoms with van der Waals surface area (Å²) in [6, 6.07) is 8.65. The molecule has 2 rings (SSSR count). The molecule has 1 aromatic heterocycles. The Morgan fingerprint density at radius 3 is 2.50 bits per heavy atom. The fraction of sp³-hybridized carbons (Fsp3) is 0.333. The van der Waals surface area contributed by atoms with E-state index >= 15 is 0 Å². The first-order chi connectivity index (χ1) is 8.38. The maximum absolute atomic E-state index is 6.49. The van der Waals surface area contributed by atoms with Gasteiger partial charge in [0, 0.05) is 26.7 Å². The van der Waals surface area contributed by atoms with Crippen molar-refractivity contribution in [2.24, 2.45) is 5.73 Å². The standard InChI is InChI=1S/C15H18BrNS/c1-10-4-5-12(6-11(10)2)15(3,17)8-14-7-13(16)9-18-14/h4-7,9H,8,17H2,1-3H3. The van der Waals surface area contributed by atoms with E-state index in [1.807, 2.05) is 0 Å². The topological polar surface area (TPSA) is 26.0 Å². The van der Waals surface area contributed by atoms with Gasteiger partial charge in [-0.1, -0.05) is 18.2 Å². The van der Waals surface area contributed by atoms with Crippen molar-refractivity contribution in [1.29, 1.82) is 0 Å². The molecule has 0 saturated carbocycles. The van der Waals surface area contributed by atoms with Gasteiger partial charge in [-0.05, 0) is 59.5 Å². The van der Waals surface area contributed by atoms with Crippen LogP contribution >= 0.6 is 27.3 Å². The quantitative estimate of drug-likeness (QED) is 0.881. The first-order valence-electron chi connectivity index (χ1n) is 5.98. The highest BCUT2D eigenvalue weighted by molar-refractivity contribution is 9.10. The molecule has 0 aliphatic rings. The molecule has 0 fully saturated rings. The van der Waals surface area contributed by atoms with Gasteiger partial charge in [0.15, 0.2) is 0 Å². The number of aryl methyl sites for hydroxylation is 2. The number of thiophene rings is 1. The maximum Gasteiger partial charge on any atom is 0.0429 e. The molecule has 0 bridgehead atoms. The number of benzene rings is 1. The van der Waals surface area contributed by atoms with Gasteiger partial charge in [0.1, 0.15) is 0 Å². The van der Waals surface area contributed by atoms with Crippen molar-refractivity contribution < 1.29 is 0 Å². The van der Waals surface area contributed by atoms with Crippen molar-refractivity contribution in [2.75, 3.05) is 0 Å². The van der Waals surface area contributed by atoms with Gasteiger partial charge < -0.3 is 5.73 Å². The van der Waals surface area contributed by atoms with E-state index in [4.69, 9.17) is 5.73 Å². The lowest BCUT2D eigenvalue weighted by Gasteiger charge is -2.25. The fourth-order valence-electron chi connectivity index (χ4n) is 2.01. The Balaban J connectivity index is 2.26. The predicted octanol–water partition coefficient (Wildman–Crippen LogP) is 4.54. The molecule has 1 unspecified atom stereocenters. The number of hydrogen-bond acceptors (Lipinski definition) is 2. The third-order valence-electron chi connectivity index (χ3n) is 3.33. The SMILES string of the molecule is Cc1ccc(C(C)(N)Cc2cc(Br)cs2)cc1C. The Kier molecular flexibility index (Phi) is 3.95. The summed E-state index contributed by atoms with van der Waals surface area (Å²) in [4.78, 5) is 1.31. The summed E-state index contributed by atoms with van der Waals surface area (Å²) in [5, 5.41) is 2.10. The van der Waals surface area contributed by atoms with Crippen LogP contribution in [0.5, 0.6) is 0 Å². The summed E-state index contributed by atoms with van der Waals surface area (Å²) < 4.78 is 1.14. The molecule has 1 aromatic carbocycles. The van der Waals surface area contributed by atoms with Crippen LogP contribution in [0.4, 0.5) is 0 Å². The van der Waals surface area contributed by atoms with Crippen LogP contribution < -0.4 is 5.73 Å². The van der Waals surface area contributed by atoms with Crippen molar-refractivity contribution in [3.8, 4) is 0 Å². The minimum Gasteiger partial charge on any atom is -0.321 e. The smallest absolute Gasteiger partial charge is 0.0429 e. The molecule has 3 heteroatoms. The van der Waals surface area contributed by atoms with Gasteiger partial charge in [-0.2, -0.15) is 0 Å². The molecular formula is C15H18BrNS. The zero-order valence-electron chi connectivity index (χ0n) is 11.0. The third kappa shape index (κ3) is 3.02. The zero-order valence-corrected chi connectivity index (χ0v) is 13.4. The van der Waals surface area contributed by atoms with E-state index in [0.717, 1.165) is 10.9 Å². The Labute approximate surface area is 121 Å². The lowest BCUT2D eigenvalue weighted by atomic mass is 9.87. The van der Waals surface area contributed by atoms with E-state index in [-0.39, 0.29) is 5.54 Å². The van der Waals surface area contributed by atoms with Crippen LogP contribution in [0.15, 0.2) is 34.1 Å². The zero-order chi connectivity index (χ0) is 13.3. The molecule has 96 valence electrons. The molecule has 1 heterocycles. The van der Waals surface area contributed by atoms with E-state index in [2.05, 4.69) is 66.3 Å². The molecule has 0 amide bonds. The average Bonchev–Trinajstić information content (AvgIpc) is 2.67. The molecule has 2 N–H and O–H groups in total. The second-order valence-corrected chi connectivity index (χ2v) is 7.04. The monoisotopic (exact) mass is 323 g/mol. The van der Waals surface area contributed by atoms with Crippen molar-refractivity contribution in [1.82, 2.24) is 0 Å². The van der Waals surface area contributed by atoms with Crippen LogP contribution in [-0.4, -0.2) is 0 Å². The molecule has 0 radical (unpaired) electrons. The summed E-state index contributed by atoms with van der Waals surface area (Å²) >= 11 is 5.24. The number of nitrogens with two attached hydrogens (primary N) is 1. The predicted molar refractivity (Wildman–Crippen MR) is 83.2 cm³/mol. The maximum atomic E-state index is 6.49. The largest absolute Gasteiger partial charge is 0.321 e. The highest BCUT2D eigenvalue weighted by atomic mass is 79.9. The van der Waals surface area contributed by atoms with Crippen LogP contribution in [0.1, 0.15) is 28.5 Å². The highest BCUT2D eigenvalue weighted by Crippen LogP contribution is 2.29. The van der Waals surface area contributed by atoms with Crippen molar-refractivity contribution in [2.45, 2.75) is 32.7 Å². The van der Waals surface area contributed by atoms with Gasteiger partial charge in [-0.15, -0.1) is 11.3 Å². The van der Waals surface area contributed by atoms with Crippen LogP contribution in [0.3, 0.4) is 0 Å². The molecule has 1 nitrogen and oxygen atoms in total. The fourth-order valence-corrected chi connectivity index (χ4v) is 3.63. The van der Waals surface area contributed by atoms with Gasteiger partial charge in [-0.3, -0.25) is 0 Å². The average molecular weight is 324 g/mol. The lowest BCUT2D eigenvalue weighted by molar-refractivity contribution is 0.495. The van der Waals surface area contributed by atoms with Crippen molar-refractivity contribution in [3.05, 3.63) is 55.7 Å². The van der Waals surface area contributed by atoms with E-state index in [1.54, 1.807) is 11.3 Å². The summed E-state index contributed by atoms with van der Waals surface area (Å²) in [5.41, 5.74) is 9.99. The Morgan fingerprint density at radius 2 is 1.94 bits per heavy atom. The third-order valence-corrected chi connectivity index (χ3v) is 5.03. The number of hydrogen-bond donors (Lipinski definition) is 1. The van der Waals surface area contributed by atoms with Crippen LogP contribution in [0, 0.1) is 13.8 Å². The van der Waals surface area contributed by atoms with E-state index in [9.17, 15) is 0 Å². The second kappa shape index (κ2) is 5.16. The van der Waals surface area contributed by atoms with Gasteiger partial charge in [0.25, 0.3) is 0 Å². The van der Waals surface area contributed by atoms with Gasteiger partial charge in [-0.25, -0.2) is 0 Å². The molecule has 18 heavy (non-hydrogen) atoms. The minimum atomic E-state index is -0.317. The Morgan fingerprint density at radius 1 is 1.22 bits per heavy atom. The normalized spacial score (nSPS) is 14.5. The summed E-state index contributed by atoms with van der Waals surface area (Å²) in [6.07, 6.45) is 0.867. The van der Waals surface area contributed by atoms with E-state index in [1.165, 1.54) is 21.6 Å². The Bertz CT molecular complexity index is 557. The van der Waals surface area contributed by atoms with Gasteiger partial charge in [0.2, 0.25) is 0 Å². The summed E-state index contributed by atoms with van der Waals surface area (Å²) in [5.74, 6) is 0. The minimum absolute atomic E-state index is 0.317. The summed E-state index contributed by atoms with van der Waals surface area (Å²) in [6.45, 7) is 6.37. The van der Waals surface area contributed by atoms with Crippen LogP contribution in [0.2, 0.25) is 0 Å². The molecule has 0 aliphatic carbocycles. The number of rotatable bonds is 3. The second-order valence-electron chi connectivity index (χ2n) is 5.12. The highest BCUT2D eigenvalue weighted by Gasteiger charge is 2.22. The molecule has 0 aliphatic heterocycles. The lowest BCUT2D eigenvalue weighted by Crippen LogP contribution is -2.35. The molecule has 2 aromatic rings. The van der Waals surface area contributed by atoms with E-state index < -0.39 is 0 Å². The Hall–Kier alpha value is -0.640. The molecule has 0 spiro atoms. The first kappa shape index (κ1) is 13.8. The van der Waals surface area contributed by atoms with Crippen LogP contribution in [0.25, 0.3) is 0 Å². The number of halogens is 1. The van der Waals surface area contributed by atoms with Crippen LogP contribution in [-0.2, 0) is 12.0 Å². The van der Waals surface area contributed by atoms with Crippen molar-refractivity contribution >= 4 is 27.3 Å². The van der Waals surface area contributed by atoms with Gasteiger partial charge >= 0.3 is 0 Å². The first-order valence-corrected chi connectivity index (χ1v) is 7.65. The molecular weight excluding hydrogens is 306 g/mol.